The van der Waals surface area contributed by atoms with Gasteiger partial charge in [0.1, 0.15) is 31.1 Å². The summed E-state index contributed by atoms with van der Waals surface area (Å²) in [5, 5.41) is 7.37. The number of benzene rings is 3. The Morgan fingerprint density at radius 3 is 2.66 bits per heavy atom. The van der Waals surface area contributed by atoms with E-state index >= 15 is 0 Å². The van der Waals surface area contributed by atoms with Crippen LogP contribution >= 0.6 is 0 Å². The van der Waals surface area contributed by atoms with E-state index in [0.29, 0.717) is 26.3 Å². The molecular weight excluding hydrogens is 440 g/mol. The predicted molar refractivity (Wildman–Crippen MR) is 135 cm³/mol. The Kier molecular flexibility index (Phi) is 8.25. The number of esters is 1. The van der Waals surface area contributed by atoms with Crippen LogP contribution in [0.4, 0.5) is 0 Å². The van der Waals surface area contributed by atoms with Gasteiger partial charge in [-0.1, -0.05) is 60.7 Å². The van der Waals surface area contributed by atoms with Crippen molar-refractivity contribution in [1.29, 1.82) is 0 Å². The van der Waals surface area contributed by atoms with Gasteiger partial charge in [-0.15, -0.1) is 0 Å². The van der Waals surface area contributed by atoms with E-state index in [0.717, 1.165) is 16.9 Å². The van der Waals surface area contributed by atoms with Crippen molar-refractivity contribution in [3.63, 3.8) is 0 Å². The van der Waals surface area contributed by atoms with Gasteiger partial charge in [0.05, 0.1) is 13.2 Å². The normalized spacial score (nSPS) is 11.7. The molecule has 0 radical (unpaired) electrons. The summed E-state index contributed by atoms with van der Waals surface area (Å²) < 4.78 is 13.0. The third-order valence-electron chi connectivity index (χ3n) is 5.78. The number of nitrogens with one attached hydrogen (secondary N) is 1. The minimum atomic E-state index is -0.537. The van der Waals surface area contributed by atoms with Crippen LogP contribution in [0.1, 0.15) is 23.6 Å². The molecule has 0 bridgehead atoms. The molecule has 1 heterocycles. The standard InChI is InChI=1S/C28H30N4O3/c1-3-34-28(33)27(17-32-20-29-19-31-32)30-16-22-9-7-13-25(15-22)35-18-24-12-8-14-26(21(24)2)23-10-5-4-6-11-23/h4-15,19-20,27,30H,3,16-18H2,1-2H3/t27-/m1/s1. The van der Waals surface area contributed by atoms with Gasteiger partial charge in [-0.3, -0.25) is 14.8 Å². The van der Waals surface area contributed by atoms with Crippen molar-refractivity contribution in [3.05, 3.63) is 102 Å². The summed E-state index contributed by atoms with van der Waals surface area (Å²) in [7, 11) is 0. The van der Waals surface area contributed by atoms with Crippen LogP contribution in [0, 0.1) is 6.92 Å². The van der Waals surface area contributed by atoms with Crippen LogP contribution in [0.2, 0.25) is 0 Å². The summed E-state index contributed by atoms with van der Waals surface area (Å²) in [6, 6.07) is 24.0. The van der Waals surface area contributed by atoms with Gasteiger partial charge in [-0.2, -0.15) is 5.10 Å². The molecule has 0 saturated heterocycles. The van der Waals surface area contributed by atoms with E-state index in [2.05, 4.69) is 64.8 Å². The Balaban J connectivity index is 1.40. The zero-order valence-electron chi connectivity index (χ0n) is 20.1. The highest BCUT2D eigenvalue weighted by atomic mass is 16.5. The molecule has 0 aliphatic heterocycles. The van der Waals surface area contributed by atoms with Gasteiger partial charge in [0, 0.05) is 6.54 Å². The second-order valence-electron chi connectivity index (χ2n) is 8.19. The van der Waals surface area contributed by atoms with Crippen LogP contribution < -0.4 is 10.1 Å². The number of hydrogen-bond donors (Lipinski definition) is 1. The molecule has 35 heavy (non-hydrogen) atoms. The maximum absolute atomic E-state index is 12.4. The summed E-state index contributed by atoms with van der Waals surface area (Å²) in [6.45, 7) is 5.54. The highest BCUT2D eigenvalue weighted by Gasteiger charge is 2.20. The first-order valence-corrected chi connectivity index (χ1v) is 11.7. The number of nitrogens with zero attached hydrogens (tertiary/aromatic N) is 3. The van der Waals surface area contributed by atoms with Gasteiger partial charge in [-0.05, 0) is 53.8 Å². The Morgan fingerprint density at radius 2 is 1.89 bits per heavy atom. The minimum absolute atomic E-state index is 0.316. The Hall–Kier alpha value is -3.97. The van der Waals surface area contributed by atoms with Crippen LogP contribution in [-0.4, -0.2) is 33.4 Å². The van der Waals surface area contributed by atoms with E-state index in [1.54, 1.807) is 17.9 Å². The number of carbonyl (C=O) groups excluding carboxylic acids is 1. The van der Waals surface area contributed by atoms with E-state index < -0.39 is 6.04 Å². The fourth-order valence-corrected chi connectivity index (χ4v) is 3.90. The molecule has 1 atom stereocenters. The summed E-state index contributed by atoms with van der Waals surface area (Å²) in [6.07, 6.45) is 3.03. The predicted octanol–water partition coefficient (Wildman–Crippen LogP) is 4.55. The Morgan fingerprint density at radius 1 is 1.06 bits per heavy atom. The van der Waals surface area contributed by atoms with Crippen molar-refractivity contribution in [1.82, 2.24) is 20.1 Å². The van der Waals surface area contributed by atoms with Gasteiger partial charge in [0.25, 0.3) is 0 Å². The molecule has 0 spiro atoms. The summed E-state index contributed by atoms with van der Waals surface area (Å²) in [4.78, 5) is 16.3. The van der Waals surface area contributed by atoms with Crippen LogP contribution in [-0.2, 0) is 29.2 Å². The molecule has 1 aromatic heterocycles. The molecule has 4 rings (SSSR count). The molecule has 3 aromatic carbocycles. The average molecular weight is 471 g/mol. The first kappa shape index (κ1) is 24.2. The lowest BCUT2D eigenvalue weighted by molar-refractivity contribution is -0.146. The first-order chi connectivity index (χ1) is 17.1. The van der Waals surface area contributed by atoms with Crippen molar-refractivity contribution in [2.24, 2.45) is 0 Å². The Bertz CT molecular complexity index is 1230. The third-order valence-corrected chi connectivity index (χ3v) is 5.78. The van der Waals surface area contributed by atoms with Crippen molar-refractivity contribution in [3.8, 4) is 16.9 Å². The lowest BCUT2D eigenvalue weighted by Crippen LogP contribution is -2.41. The van der Waals surface area contributed by atoms with Crippen LogP contribution in [0.15, 0.2) is 85.5 Å². The van der Waals surface area contributed by atoms with Gasteiger partial charge >= 0.3 is 5.97 Å². The van der Waals surface area contributed by atoms with E-state index in [9.17, 15) is 4.79 Å². The molecule has 7 heteroatoms. The summed E-state index contributed by atoms with van der Waals surface area (Å²) in [5.74, 6) is 0.460. The monoisotopic (exact) mass is 470 g/mol. The fraction of sp³-hybridized carbons (Fsp3) is 0.250. The fourth-order valence-electron chi connectivity index (χ4n) is 3.90. The molecular formula is C28H30N4O3. The van der Waals surface area contributed by atoms with Gasteiger partial charge in [0.15, 0.2) is 0 Å². The molecule has 1 N–H and O–H groups in total. The van der Waals surface area contributed by atoms with Gasteiger partial charge < -0.3 is 9.47 Å². The van der Waals surface area contributed by atoms with E-state index in [4.69, 9.17) is 9.47 Å². The Labute approximate surface area is 205 Å². The molecule has 0 aliphatic rings. The SMILES string of the molecule is CCOC(=O)[C@@H](Cn1cncn1)NCc1cccc(OCc2cccc(-c3ccccc3)c2C)c1. The second-order valence-corrected chi connectivity index (χ2v) is 8.19. The van der Waals surface area contributed by atoms with Gasteiger partial charge in [-0.25, -0.2) is 4.98 Å². The highest BCUT2D eigenvalue weighted by molar-refractivity contribution is 5.75. The zero-order chi connectivity index (χ0) is 24.5. The number of aromatic nitrogens is 3. The average Bonchev–Trinajstić information content (AvgIpc) is 3.40. The summed E-state index contributed by atoms with van der Waals surface area (Å²) >= 11 is 0. The molecule has 0 fully saturated rings. The maximum atomic E-state index is 12.4. The first-order valence-electron chi connectivity index (χ1n) is 11.7. The molecule has 4 aromatic rings. The largest absolute Gasteiger partial charge is 0.489 e. The molecule has 0 unspecified atom stereocenters. The van der Waals surface area contributed by atoms with E-state index in [1.807, 2.05) is 30.3 Å². The molecule has 0 saturated carbocycles. The van der Waals surface area contributed by atoms with Crippen molar-refractivity contribution in [2.75, 3.05) is 6.61 Å². The van der Waals surface area contributed by atoms with Crippen molar-refractivity contribution >= 4 is 5.97 Å². The second kappa shape index (κ2) is 11.9. The van der Waals surface area contributed by atoms with E-state index in [-0.39, 0.29) is 5.97 Å². The number of ether oxygens (including phenoxy) is 2. The lowest BCUT2D eigenvalue weighted by atomic mass is 9.97. The van der Waals surface area contributed by atoms with Crippen LogP contribution in [0.25, 0.3) is 11.1 Å². The van der Waals surface area contributed by atoms with Crippen molar-refractivity contribution in [2.45, 2.75) is 39.6 Å². The topological polar surface area (TPSA) is 78.3 Å². The molecule has 0 amide bonds. The minimum Gasteiger partial charge on any atom is -0.489 e. The van der Waals surface area contributed by atoms with Gasteiger partial charge in [0.2, 0.25) is 0 Å². The number of rotatable bonds is 11. The number of carbonyl (C=O) groups is 1. The zero-order valence-corrected chi connectivity index (χ0v) is 20.1. The maximum Gasteiger partial charge on any atom is 0.325 e. The van der Waals surface area contributed by atoms with Crippen molar-refractivity contribution < 1.29 is 14.3 Å². The number of hydrogen-bond acceptors (Lipinski definition) is 6. The van der Waals surface area contributed by atoms with Crippen LogP contribution in [0.3, 0.4) is 0 Å². The summed E-state index contributed by atoms with van der Waals surface area (Å²) in [5.41, 5.74) is 5.76. The highest BCUT2D eigenvalue weighted by Crippen LogP contribution is 2.26. The molecule has 7 nitrogen and oxygen atoms in total. The smallest absolute Gasteiger partial charge is 0.325 e. The lowest BCUT2D eigenvalue weighted by Gasteiger charge is -2.17. The molecule has 0 aliphatic carbocycles. The molecule has 180 valence electrons. The third kappa shape index (κ3) is 6.55. The quantitative estimate of drug-likeness (QED) is 0.324. The van der Waals surface area contributed by atoms with Crippen LogP contribution in [0.5, 0.6) is 5.75 Å². The van der Waals surface area contributed by atoms with E-state index in [1.165, 1.54) is 23.0 Å².